The molecule has 0 aromatic carbocycles. The second-order valence-corrected chi connectivity index (χ2v) is 5.35. The highest BCUT2D eigenvalue weighted by atomic mass is 16.5. The SMILES string of the molecule is CCCC(C)(O)CNC1CCCC(OC)C1. The van der Waals surface area contributed by atoms with E-state index in [2.05, 4.69) is 12.2 Å². The van der Waals surface area contributed by atoms with Crippen molar-refractivity contribution in [3.8, 4) is 0 Å². The molecular weight excluding hydrogens is 202 g/mol. The van der Waals surface area contributed by atoms with Gasteiger partial charge in [0, 0.05) is 19.7 Å². The van der Waals surface area contributed by atoms with Crippen molar-refractivity contribution in [1.82, 2.24) is 5.32 Å². The van der Waals surface area contributed by atoms with Crippen molar-refractivity contribution in [3.63, 3.8) is 0 Å². The van der Waals surface area contributed by atoms with Crippen LogP contribution < -0.4 is 5.32 Å². The van der Waals surface area contributed by atoms with Crippen molar-refractivity contribution in [3.05, 3.63) is 0 Å². The third kappa shape index (κ3) is 4.81. The maximum Gasteiger partial charge on any atom is 0.0743 e. The van der Waals surface area contributed by atoms with Crippen LogP contribution in [0.1, 0.15) is 52.4 Å². The van der Waals surface area contributed by atoms with Gasteiger partial charge in [0.2, 0.25) is 0 Å². The third-order valence-corrected chi connectivity index (χ3v) is 3.52. The van der Waals surface area contributed by atoms with Gasteiger partial charge in [0.25, 0.3) is 0 Å². The maximum atomic E-state index is 10.1. The first kappa shape index (κ1) is 13.9. The first-order valence-electron chi connectivity index (χ1n) is 6.56. The van der Waals surface area contributed by atoms with Gasteiger partial charge < -0.3 is 15.2 Å². The van der Waals surface area contributed by atoms with Gasteiger partial charge in [0.1, 0.15) is 0 Å². The van der Waals surface area contributed by atoms with Gasteiger partial charge in [-0.2, -0.15) is 0 Å². The minimum absolute atomic E-state index is 0.405. The predicted molar refractivity (Wildman–Crippen MR) is 66.6 cm³/mol. The summed E-state index contributed by atoms with van der Waals surface area (Å²) in [5.74, 6) is 0. The molecule has 3 heteroatoms. The second kappa shape index (κ2) is 6.58. The zero-order valence-electron chi connectivity index (χ0n) is 11.0. The largest absolute Gasteiger partial charge is 0.389 e. The van der Waals surface area contributed by atoms with Crippen LogP contribution in [0.2, 0.25) is 0 Å². The standard InChI is InChI=1S/C13H27NO2/c1-4-8-13(2,15)10-14-11-6-5-7-12(9-11)16-3/h11-12,14-15H,4-10H2,1-3H3. The van der Waals surface area contributed by atoms with Crippen LogP contribution in [0.25, 0.3) is 0 Å². The Balaban J connectivity index is 2.26. The van der Waals surface area contributed by atoms with Crippen molar-refractivity contribution in [2.75, 3.05) is 13.7 Å². The monoisotopic (exact) mass is 229 g/mol. The molecule has 0 aromatic heterocycles. The van der Waals surface area contributed by atoms with E-state index in [4.69, 9.17) is 4.74 Å². The Hall–Kier alpha value is -0.120. The van der Waals surface area contributed by atoms with Crippen LogP contribution in [0, 0.1) is 0 Å². The van der Waals surface area contributed by atoms with E-state index in [9.17, 15) is 5.11 Å². The molecule has 3 nitrogen and oxygen atoms in total. The fraction of sp³-hybridized carbons (Fsp3) is 1.00. The lowest BCUT2D eigenvalue weighted by molar-refractivity contribution is 0.0316. The highest BCUT2D eigenvalue weighted by Crippen LogP contribution is 2.21. The van der Waals surface area contributed by atoms with Crippen LogP contribution in [0.15, 0.2) is 0 Å². The van der Waals surface area contributed by atoms with E-state index < -0.39 is 5.60 Å². The Bertz CT molecular complexity index is 194. The Morgan fingerprint density at radius 1 is 1.44 bits per heavy atom. The normalized spacial score (nSPS) is 30.0. The van der Waals surface area contributed by atoms with Gasteiger partial charge in [0.05, 0.1) is 11.7 Å². The lowest BCUT2D eigenvalue weighted by Gasteiger charge is -2.32. The van der Waals surface area contributed by atoms with Crippen LogP contribution in [-0.4, -0.2) is 36.5 Å². The molecule has 0 radical (unpaired) electrons. The first-order chi connectivity index (χ1) is 7.57. The molecule has 3 unspecified atom stereocenters. The molecule has 96 valence electrons. The number of aliphatic hydroxyl groups is 1. The zero-order chi connectivity index (χ0) is 12.0. The third-order valence-electron chi connectivity index (χ3n) is 3.52. The summed E-state index contributed by atoms with van der Waals surface area (Å²) >= 11 is 0. The van der Waals surface area contributed by atoms with Gasteiger partial charge >= 0.3 is 0 Å². The molecule has 2 N–H and O–H groups in total. The Morgan fingerprint density at radius 3 is 2.81 bits per heavy atom. The Kier molecular flexibility index (Phi) is 5.73. The van der Waals surface area contributed by atoms with Crippen LogP contribution in [-0.2, 0) is 4.74 Å². The van der Waals surface area contributed by atoms with Gasteiger partial charge in [-0.05, 0) is 39.0 Å². The molecule has 0 amide bonds. The van der Waals surface area contributed by atoms with Gasteiger partial charge in [-0.3, -0.25) is 0 Å². The van der Waals surface area contributed by atoms with Crippen molar-refractivity contribution >= 4 is 0 Å². The quantitative estimate of drug-likeness (QED) is 0.733. The van der Waals surface area contributed by atoms with E-state index in [1.165, 1.54) is 19.3 Å². The lowest BCUT2D eigenvalue weighted by atomic mass is 9.92. The second-order valence-electron chi connectivity index (χ2n) is 5.35. The average Bonchev–Trinajstić information content (AvgIpc) is 2.27. The van der Waals surface area contributed by atoms with Crippen LogP contribution in [0.3, 0.4) is 0 Å². The summed E-state index contributed by atoms with van der Waals surface area (Å²) in [4.78, 5) is 0. The maximum absolute atomic E-state index is 10.1. The molecular formula is C13H27NO2. The van der Waals surface area contributed by atoms with E-state index in [-0.39, 0.29) is 0 Å². The van der Waals surface area contributed by atoms with Gasteiger partial charge in [-0.15, -0.1) is 0 Å². The summed E-state index contributed by atoms with van der Waals surface area (Å²) in [7, 11) is 1.79. The van der Waals surface area contributed by atoms with Gasteiger partial charge in [-0.1, -0.05) is 13.3 Å². The van der Waals surface area contributed by atoms with Crippen molar-refractivity contribution in [2.45, 2.75) is 70.1 Å². The zero-order valence-corrected chi connectivity index (χ0v) is 11.0. The fourth-order valence-electron chi connectivity index (χ4n) is 2.54. The molecule has 0 saturated heterocycles. The fourth-order valence-corrected chi connectivity index (χ4v) is 2.54. The minimum atomic E-state index is -0.561. The highest BCUT2D eigenvalue weighted by molar-refractivity contribution is 4.82. The molecule has 16 heavy (non-hydrogen) atoms. The molecule has 1 aliphatic carbocycles. The summed E-state index contributed by atoms with van der Waals surface area (Å²) in [6, 6.07) is 0.516. The summed E-state index contributed by atoms with van der Waals surface area (Å²) in [5, 5.41) is 13.6. The molecule has 1 rings (SSSR count). The highest BCUT2D eigenvalue weighted by Gasteiger charge is 2.24. The number of hydrogen-bond donors (Lipinski definition) is 2. The van der Waals surface area contributed by atoms with E-state index in [1.807, 2.05) is 6.92 Å². The molecule has 1 aliphatic rings. The smallest absolute Gasteiger partial charge is 0.0743 e. The number of rotatable bonds is 6. The van der Waals surface area contributed by atoms with E-state index in [0.717, 1.165) is 19.3 Å². The van der Waals surface area contributed by atoms with Crippen molar-refractivity contribution < 1.29 is 9.84 Å². The molecule has 0 heterocycles. The van der Waals surface area contributed by atoms with Gasteiger partial charge in [0.15, 0.2) is 0 Å². The summed E-state index contributed by atoms with van der Waals surface area (Å²) in [6.45, 7) is 4.72. The van der Waals surface area contributed by atoms with E-state index >= 15 is 0 Å². The van der Waals surface area contributed by atoms with Crippen molar-refractivity contribution in [2.24, 2.45) is 0 Å². The molecule has 0 aromatic rings. The molecule has 0 bridgehead atoms. The van der Waals surface area contributed by atoms with Crippen LogP contribution in [0.4, 0.5) is 0 Å². The van der Waals surface area contributed by atoms with E-state index in [1.54, 1.807) is 7.11 Å². The molecule has 1 fully saturated rings. The lowest BCUT2D eigenvalue weighted by Crippen LogP contribution is -2.45. The molecule has 3 atom stereocenters. The Labute approximate surface area is 99.6 Å². The van der Waals surface area contributed by atoms with E-state index in [0.29, 0.717) is 18.7 Å². The van der Waals surface area contributed by atoms with Crippen molar-refractivity contribution in [1.29, 1.82) is 0 Å². The summed E-state index contributed by atoms with van der Waals surface area (Å²) in [6.07, 6.45) is 7.00. The average molecular weight is 229 g/mol. The Morgan fingerprint density at radius 2 is 2.19 bits per heavy atom. The number of ether oxygens (including phenoxy) is 1. The molecule has 1 saturated carbocycles. The number of nitrogens with one attached hydrogen (secondary N) is 1. The van der Waals surface area contributed by atoms with Gasteiger partial charge in [-0.25, -0.2) is 0 Å². The number of methoxy groups -OCH3 is 1. The first-order valence-corrected chi connectivity index (χ1v) is 6.56. The topological polar surface area (TPSA) is 41.5 Å². The van der Waals surface area contributed by atoms with Crippen LogP contribution >= 0.6 is 0 Å². The molecule has 0 spiro atoms. The summed E-state index contributed by atoms with van der Waals surface area (Å²) in [5.41, 5.74) is -0.561. The predicted octanol–water partition coefficient (Wildman–Crippen LogP) is 2.08. The minimum Gasteiger partial charge on any atom is -0.389 e. The number of hydrogen-bond acceptors (Lipinski definition) is 3. The van der Waals surface area contributed by atoms with Crippen LogP contribution in [0.5, 0.6) is 0 Å². The summed E-state index contributed by atoms with van der Waals surface area (Å²) < 4.78 is 5.40. The molecule has 0 aliphatic heterocycles.